The van der Waals surface area contributed by atoms with E-state index in [2.05, 4.69) is 20.4 Å². The minimum Gasteiger partial charge on any atom is -0.478 e. The van der Waals surface area contributed by atoms with Gasteiger partial charge in [-0.05, 0) is 77.0 Å². The van der Waals surface area contributed by atoms with Crippen molar-refractivity contribution in [2.45, 2.75) is 50.4 Å². The van der Waals surface area contributed by atoms with Crippen LogP contribution in [0.3, 0.4) is 0 Å². The average molecular weight is 385 g/mol. The molecule has 2 nitrogen and oxygen atoms in total. The predicted octanol–water partition coefficient (Wildman–Crippen LogP) is 6.34. The molecule has 0 heterocycles. The topological polar surface area (TPSA) is 37.3 Å². The van der Waals surface area contributed by atoms with Gasteiger partial charge in [-0.25, -0.2) is 9.18 Å². The van der Waals surface area contributed by atoms with E-state index >= 15 is 4.39 Å². The molecule has 2 aromatic rings. The Labute approximate surface area is 163 Å². The van der Waals surface area contributed by atoms with Crippen LogP contribution in [0, 0.1) is 5.82 Å². The van der Waals surface area contributed by atoms with Crippen LogP contribution >= 0.6 is 11.6 Å². The number of fused-ring (bicyclic) bond motifs is 2. The molecule has 0 radical (unpaired) electrons. The highest BCUT2D eigenvalue weighted by Gasteiger charge is 2.52. The third-order valence-corrected chi connectivity index (χ3v) is 6.63. The van der Waals surface area contributed by atoms with Gasteiger partial charge in [-0.15, -0.1) is 0 Å². The summed E-state index contributed by atoms with van der Waals surface area (Å²) in [5.74, 6) is -1.28. The van der Waals surface area contributed by atoms with Crippen molar-refractivity contribution in [1.82, 2.24) is 0 Å². The quantitative estimate of drug-likeness (QED) is 0.670. The zero-order valence-corrected chi connectivity index (χ0v) is 16.3. The molecular weight excluding hydrogens is 363 g/mol. The summed E-state index contributed by atoms with van der Waals surface area (Å²) < 4.78 is 15.8. The SMILES string of the molecule is C=C(c1ccc(C(=O)O)cc1)c1c(Cl)cc2c(c1F)C(C)(C)CCC21CC1. The smallest absolute Gasteiger partial charge is 0.335 e. The van der Waals surface area contributed by atoms with Crippen LogP contribution < -0.4 is 0 Å². The Bertz CT molecular complexity index is 969. The van der Waals surface area contributed by atoms with E-state index in [9.17, 15) is 4.79 Å². The van der Waals surface area contributed by atoms with E-state index in [0.717, 1.165) is 36.8 Å². The van der Waals surface area contributed by atoms with Gasteiger partial charge in [0.1, 0.15) is 5.82 Å². The monoisotopic (exact) mass is 384 g/mol. The molecule has 0 amide bonds. The maximum atomic E-state index is 15.8. The van der Waals surface area contributed by atoms with Crippen LogP contribution in [0.25, 0.3) is 5.57 Å². The third kappa shape index (κ3) is 2.80. The second-order valence-electron chi connectivity index (χ2n) is 8.50. The molecule has 0 bridgehead atoms. The van der Waals surface area contributed by atoms with Gasteiger partial charge in [0.15, 0.2) is 0 Å². The molecule has 2 aromatic carbocycles. The van der Waals surface area contributed by atoms with Crippen molar-refractivity contribution in [3.8, 4) is 0 Å². The van der Waals surface area contributed by atoms with Crippen LogP contribution in [-0.4, -0.2) is 11.1 Å². The van der Waals surface area contributed by atoms with E-state index in [4.69, 9.17) is 16.7 Å². The van der Waals surface area contributed by atoms with E-state index in [1.54, 1.807) is 12.1 Å². The average Bonchev–Trinajstić information content (AvgIpc) is 3.39. The van der Waals surface area contributed by atoms with Crippen LogP contribution in [0.5, 0.6) is 0 Å². The zero-order chi connectivity index (χ0) is 19.6. The third-order valence-electron chi connectivity index (χ3n) is 6.33. The summed E-state index contributed by atoms with van der Waals surface area (Å²) >= 11 is 6.55. The van der Waals surface area contributed by atoms with Gasteiger partial charge in [0.05, 0.1) is 10.6 Å². The van der Waals surface area contributed by atoms with Gasteiger partial charge in [0.2, 0.25) is 0 Å². The van der Waals surface area contributed by atoms with Crippen LogP contribution in [0.4, 0.5) is 4.39 Å². The Kier molecular flexibility index (Phi) is 4.01. The summed E-state index contributed by atoms with van der Waals surface area (Å²) in [5, 5.41) is 9.44. The lowest BCUT2D eigenvalue weighted by molar-refractivity contribution is 0.0697. The molecule has 4 heteroatoms. The molecule has 4 rings (SSSR count). The number of aromatic carboxylic acids is 1. The summed E-state index contributed by atoms with van der Waals surface area (Å²) in [6.45, 7) is 8.25. The van der Waals surface area contributed by atoms with Crippen LogP contribution in [-0.2, 0) is 10.8 Å². The molecule has 0 atom stereocenters. The number of carboxylic acids is 1. The van der Waals surface area contributed by atoms with E-state index in [-0.39, 0.29) is 22.2 Å². The Morgan fingerprint density at radius 2 is 1.67 bits per heavy atom. The van der Waals surface area contributed by atoms with Crippen molar-refractivity contribution >= 4 is 23.1 Å². The molecule has 2 aliphatic rings. The lowest BCUT2D eigenvalue weighted by Crippen LogP contribution is -2.31. The number of rotatable bonds is 3. The Morgan fingerprint density at radius 1 is 1.11 bits per heavy atom. The van der Waals surface area contributed by atoms with Crippen molar-refractivity contribution in [2.75, 3.05) is 0 Å². The highest BCUT2D eigenvalue weighted by Crippen LogP contribution is 2.60. The zero-order valence-electron chi connectivity index (χ0n) is 15.5. The minimum atomic E-state index is -0.998. The number of hydrogen-bond acceptors (Lipinski definition) is 1. The number of benzene rings is 2. The summed E-state index contributed by atoms with van der Waals surface area (Å²) in [7, 11) is 0. The fourth-order valence-corrected chi connectivity index (χ4v) is 4.72. The fraction of sp³-hybridized carbons (Fsp3) is 0.348. The molecule has 0 unspecified atom stereocenters. The van der Waals surface area contributed by atoms with E-state index in [1.165, 1.54) is 12.1 Å². The lowest BCUT2D eigenvalue weighted by atomic mass is 9.66. The normalized spacial score (nSPS) is 18.8. The van der Waals surface area contributed by atoms with E-state index < -0.39 is 5.97 Å². The molecular formula is C23H22ClFO2. The van der Waals surface area contributed by atoms with Gasteiger partial charge in [0.25, 0.3) is 0 Å². The van der Waals surface area contributed by atoms with Crippen LogP contribution in [0.2, 0.25) is 5.02 Å². The molecule has 0 aromatic heterocycles. The first-order chi connectivity index (χ1) is 12.7. The first-order valence-corrected chi connectivity index (χ1v) is 9.60. The lowest BCUT2D eigenvalue weighted by Gasteiger charge is -2.38. The summed E-state index contributed by atoms with van der Waals surface area (Å²) in [6.07, 6.45) is 4.24. The molecule has 27 heavy (non-hydrogen) atoms. The molecule has 1 saturated carbocycles. The van der Waals surface area contributed by atoms with E-state index in [1.807, 2.05) is 6.07 Å². The van der Waals surface area contributed by atoms with Crippen LogP contribution in [0.15, 0.2) is 36.9 Å². The maximum absolute atomic E-state index is 15.8. The minimum absolute atomic E-state index is 0.109. The molecule has 0 aliphatic heterocycles. The first-order valence-electron chi connectivity index (χ1n) is 9.22. The van der Waals surface area contributed by atoms with Crippen molar-refractivity contribution < 1.29 is 14.3 Å². The molecule has 2 aliphatic carbocycles. The van der Waals surface area contributed by atoms with Gasteiger partial charge in [-0.2, -0.15) is 0 Å². The molecule has 1 spiro atoms. The maximum Gasteiger partial charge on any atom is 0.335 e. The molecule has 1 N–H and O–H groups in total. The highest BCUT2D eigenvalue weighted by molar-refractivity contribution is 6.32. The summed E-state index contributed by atoms with van der Waals surface area (Å²) in [5.41, 5.74) is 3.34. The number of hydrogen-bond donors (Lipinski definition) is 1. The van der Waals surface area contributed by atoms with E-state index in [0.29, 0.717) is 21.7 Å². The summed E-state index contributed by atoms with van der Waals surface area (Å²) in [4.78, 5) is 11.1. The van der Waals surface area contributed by atoms with Crippen molar-refractivity contribution in [1.29, 1.82) is 0 Å². The predicted molar refractivity (Wildman–Crippen MR) is 106 cm³/mol. The Hall–Kier alpha value is -2.13. The molecule has 140 valence electrons. The van der Waals surface area contributed by atoms with Gasteiger partial charge in [0, 0.05) is 5.56 Å². The van der Waals surface area contributed by atoms with Gasteiger partial charge >= 0.3 is 5.97 Å². The first kappa shape index (κ1) is 18.2. The number of carboxylic acid groups (broad SMARTS) is 1. The Morgan fingerprint density at radius 3 is 2.22 bits per heavy atom. The summed E-state index contributed by atoms with van der Waals surface area (Å²) in [6, 6.07) is 8.23. The second kappa shape index (κ2) is 5.93. The van der Waals surface area contributed by atoms with Gasteiger partial charge in [-0.3, -0.25) is 0 Å². The fourth-order valence-electron chi connectivity index (χ4n) is 4.42. The molecule has 1 fully saturated rings. The second-order valence-corrected chi connectivity index (χ2v) is 8.90. The largest absolute Gasteiger partial charge is 0.478 e. The van der Waals surface area contributed by atoms with Crippen molar-refractivity contribution in [3.63, 3.8) is 0 Å². The van der Waals surface area contributed by atoms with Crippen molar-refractivity contribution in [3.05, 3.63) is 75.6 Å². The van der Waals surface area contributed by atoms with Crippen LogP contribution in [0.1, 0.15) is 72.1 Å². The van der Waals surface area contributed by atoms with Gasteiger partial charge < -0.3 is 5.11 Å². The number of carbonyl (C=O) groups is 1. The standard InChI is InChI=1S/C23H22ClFO2/c1-13(14-4-6-15(7-5-14)21(26)27)18-17(24)12-16-19(20(18)25)22(2,3)8-9-23(16)10-11-23/h4-7,12H,1,8-11H2,2-3H3,(H,26,27). The molecule has 0 saturated heterocycles. The Balaban J connectivity index is 1.84. The number of halogens is 2. The van der Waals surface area contributed by atoms with Crippen molar-refractivity contribution in [2.24, 2.45) is 0 Å². The van der Waals surface area contributed by atoms with Gasteiger partial charge in [-0.1, -0.05) is 44.2 Å². The highest BCUT2D eigenvalue weighted by atomic mass is 35.5.